The Morgan fingerprint density at radius 3 is 2.67 bits per heavy atom. The van der Waals surface area contributed by atoms with Gasteiger partial charge in [0.15, 0.2) is 0 Å². The summed E-state index contributed by atoms with van der Waals surface area (Å²) in [6.07, 6.45) is 0. The molecule has 0 atom stereocenters. The van der Waals surface area contributed by atoms with Crippen molar-refractivity contribution in [3.63, 3.8) is 0 Å². The van der Waals surface area contributed by atoms with Gasteiger partial charge in [0.05, 0.1) is 11.1 Å². The van der Waals surface area contributed by atoms with Gasteiger partial charge in [-0.15, -0.1) is 0 Å². The lowest BCUT2D eigenvalue weighted by Gasteiger charge is -2.17. The highest BCUT2D eigenvalue weighted by molar-refractivity contribution is 14.1. The number of aliphatic hydroxyl groups is 1. The third-order valence-corrected chi connectivity index (χ3v) is 3.31. The maximum atomic E-state index is 9.92. The maximum Gasteiger partial charge on any atom is 0.131 e. The van der Waals surface area contributed by atoms with Gasteiger partial charge in [0.25, 0.3) is 0 Å². The van der Waals surface area contributed by atoms with Gasteiger partial charge in [-0.05, 0) is 54.1 Å². The molecular weight excluding hydrogens is 303 g/mol. The van der Waals surface area contributed by atoms with E-state index in [1.54, 1.807) is 13.8 Å². The predicted octanol–water partition coefficient (Wildman–Crippen LogP) is 2.41. The van der Waals surface area contributed by atoms with E-state index in [4.69, 9.17) is 0 Å². The minimum Gasteiger partial charge on any atom is -0.386 e. The first-order chi connectivity index (χ1) is 6.89. The number of aryl methyl sites for hydroxylation is 1. The average Bonchev–Trinajstić information content (AvgIpc) is 2.41. The summed E-state index contributed by atoms with van der Waals surface area (Å²) in [5, 5.41) is 15.3. The number of hydrogen-bond donors (Lipinski definition) is 1. The van der Waals surface area contributed by atoms with E-state index in [-0.39, 0.29) is 0 Å². The van der Waals surface area contributed by atoms with E-state index in [9.17, 15) is 5.11 Å². The van der Waals surface area contributed by atoms with E-state index >= 15 is 0 Å². The van der Waals surface area contributed by atoms with Crippen molar-refractivity contribution in [3.8, 4) is 0 Å². The molecule has 0 unspecified atom stereocenters. The summed E-state index contributed by atoms with van der Waals surface area (Å²) < 4.78 is 2.82. The van der Waals surface area contributed by atoms with Crippen LogP contribution in [0.4, 0.5) is 0 Å². The lowest BCUT2D eigenvalue weighted by atomic mass is 9.97. The Bertz CT molecular complexity index is 511. The van der Waals surface area contributed by atoms with Crippen molar-refractivity contribution in [2.24, 2.45) is 7.05 Å². The van der Waals surface area contributed by atoms with Crippen LogP contribution in [-0.4, -0.2) is 14.9 Å². The number of nitrogens with zero attached hydrogens (tertiary/aromatic N) is 2. The molecule has 2 rings (SSSR count). The summed E-state index contributed by atoms with van der Waals surface area (Å²) in [4.78, 5) is 0. The number of hydrogen-bond acceptors (Lipinski definition) is 2. The fraction of sp³-hybridized carbons (Fsp3) is 0.364. The van der Waals surface area contributed by atoms with E-state index in [0.29, 0.717) is 0 Å². The van der Waals surface area contributed by atoms with Crippen molar-refractivity contribution >= 4 is 33.5 Å². The standard InChI is InChI=1S/C11H13IN2O/c1-11(2,15)7-4-5-9-8(6-7)10(12)13-14(9)3/h4-6,15H,1-3H3. The van der Waals surface area contributed by atoms with E-state index in [2.05, 4.69) is 27.7 Å². The van der Waals surface area contributed by atoms with Crippen molar-refractivity contribution in [2.45, 2.75) is 19.4 Å². The van der Waals surface area contributed by atoms with Crippen LogP contribution >= 0.6 is 22.6 Å². The molecule has 4 heteroatoms. The van der Waals surface area contributed by atoms with Gasteiger partial charge in [-0.25, -0.2) is 0 Å². The smallest absolute Gasteiger partial charge is 0.131 e. The summed E-state index contributed by atoms with van der Waals surface area (Å²) in [5.74, 6) is 0. The molecule has 3 nitrogen and oxygen atoms in total. The Balaban J connectivity index is 2.71. The van der Waals surface area contributed by atoms with Crippen molar-refractivity contribution < 1.29 is 5.11 Å². The van der Waals surface area contributed by atoms with Gasteiger partial charge >= 0.3 is 0 Å². The average molecular weight is 316 g/mol. The van der Waals surface area contributed by atoms with Gasteiger partial charge in [-0.2, -0.15) is 5.10 Å². The Morgan fingerprint density at radius 2 is 2.07 bits per heavy atom. The third kappa shape index (κ3) is 1.88. The first kappa shape index (κ1) is 10.9. The zero-order valence-corrected chi connectivity index (χ0v) is 11.1. The van der Waals surface area contributed by atoms with Crippen molar-refractivity contribution in [1.29, 1.82) is 0 Å². The number of fused-ring (bicyclic) bond motifs is 1. The fourth-order valence-corrected chi connectivity index (χ4v) is 2.36. The van der Waals surface area contributed by atoms with Crippen molar-refractivity contribution in [1.82, 2.24) is 9.78 Å². The quantitative estimate of drug-likeness (QED) is 0.821. The normalized spacial score (nSPS) is 12.3. The van der Waals surface area contributed by atoms with Crippen LogP contribution in [0.2, 0.25) is 0 Å². The topological polar surface area (TPSA) is 38.0 Å². The van der Waals surface area contributed by atoms with Gasteiger partial charge in [-0.3, -0.25) is 4.68 Å². The highest BCUT2D eigenvalue weighted by Gasteiger charge is 2.17. The highest BCUT2D eigenvalue weighted by Crippen LogP contribution is 2.26. The number of benzene rings is 1. The third-order valence-electron chi connectivity index (χ3n) is 2.51. The second-order valence-corrected chi connectivity index (χ2v) is 5.23. The summed E-state index contributed by atoms with van der Waals surface area (Å²) in [7, 11) is 1.92. The molecule has 1 N–H and O–H groups in total. The van der Waals surface area contributed by atoms with Crippen LogP contribution in [0.1, 0.15) is 19.4 Å². The molecule has 2 aromatic rings. The molecule has 15 heavy (non-hydrogen) atoms. The molecule has 1 aromatic carbocycles. The summed E-state index contributed by atoms with van der Waals surface area (Å²) in [5.41, 5.74) is 1.21. The first-order valence-corrected chi connectivity index (χ1v) is 5.82. The van der Waals surface area contributed by atoms with Crippen molar-refractivity contribution in [3.05, 3.63) is 27.5 Å². The largest absolute Gasteiger partial charge is 0.386 e. The Hall–Kier alpha value is -0.620. The molecule has 0 saturated heterocycles. The molecule has 0 bridgehead atoms. The van der Waals surface area contributed by atoms with Crippen LogP contribution in [0.3, 0.4) is 0 Å². The van der Waals surface area contributed by atoms with Gasteiger partial charge in [0.1, 0.15) is 3.70 Å². The van der Waals surface area contributed by atoms with Crippen LogP contribution in [0.5, 0.6) is 0 Å². The van der Waals surface area contributed by atoms with Gasteiger partial charge < -0.3 is 5.11 Å². The van der Waals surface area contributed by atoms with Crippen molar-refractivity contribution in [2.75, 3.05) is 0 Å². The minimum atomic E-state index is -0.799. The molecule has 0 saturated carbocycles. The van der Waals surface area contributed by atoms with Crippen LogP contribution in [0.25, 0.3) is 10.9 Å². The van der Waals surface area contributed by atoms with E-state index < -0.39 is 5.60 Å². The van der Waals surface area contributed by atoms with Gasteiger partial charge in [0, 0.05) is 12.4 Å². The Labute approximate surface area is 102 Å². The van der Waals surface area contributed by atoms with E-state index in [1.165, 1.54) is 0 Å². The van der Waals surface area contributed by atoms with E-state index in [0.717, 1.165) is 20.2 Å². The summed E-state index contributed by atoms with van der Waals surface area (Å²) in [6.45, 7) is 3.58. The summed E-state index contributed by atoms with van der Waals surface area (Å²) in [6, 6.07) is 5.95. The maximum absolute atomic E-state index is 9.92. The van der Waals surface area contributed by atoms with Crippen LogP contribution in [-0.2, 0) is 12.6 Å². The lowest BCUT2D eigenvalue weighted by molar-refractivity contribution is 0.0787. The second-order valence-electron chi connectivity index (χ2n) is 4.21. The fourth-order valence-electron chi connectivity index (χ4n) is 1.60. The molecule has 0 amide bonds. The highest BCUT2D eigenvalue weighted by atomic mass is 127. The molecule has 0 radical (unpaired) electrons. The van der Waals surface area contributed by atoms with E-state index in [1.807, 2.05) is 29.9 Å². The first-order valence-electron chi connectivity index (χ1n) is 4.75. The summed E-state index contributed by atoms with van der Waals surface area (Å²) >= 11 is 2.21. The molecule has 1 heterocycles. The number of aromatic nitrogens is 2. The number of rotatable bonds is 1. The Morgan fingerprint density at radius 1 is 1.40 bits per heavy atom. The minimum absolute atomic E-state index is 0.799. The Kier molecular flexibility index (Phi) is 2.50. The predicted molar refractivity (Wildman–Crippen MR) is 68.7 cm³/mol. The number of halogens is 1. The van der Waals surface area contributed by atoms with Crippen LogP contribution in [0.15, 0.2) is 18.2 Å². The molecule has 0 aliphatic rings. The SMILES string of the molecule is Cn1nc(I)c2cc(C(C)(C)O)ccc21. The molecule has 80 valence electrons. The van der Waals surface area contributed by atoms with Gasteiger partial charge in [-0.1, -0.05) is 6.07 Å². The molecule has 0 spiro atoms. The van der Waals surface area contributed by atoms with Gasteiger partial charge in [0.2, 0.25) is 0 Å². The molecule has 0 aliphatic carbocycles. The molecule has 0 aliphatic heterocycles. The monoisotopic (exact) mass is 316 g/mol. The molecule has 1 aromatic heterocycles. The van der Waals surface area contributed by atoms with Crippen LogP contribution < -0.4 is 0 Å². The van der Waals surface area contributed by atoms with Crippen LogP contribution in [0, 0.1) is 3.70 Å². The lowest BCUT2D eigenvalue weighted by Crippen LogP contribution is -2.15. The molecular formula is C11H13IN2O. The molecule has 0 fully saturated rings. The second kappa shape index (κ2) is 3.45. The zero-order chi connectivity index (χ0) is 11.2. The zero-order valence-electron chi connectivity index (χ0n) is 8.95.